The number of nitrogens with zero attached hydrogens (tertiary/aromatic N) is 1. The van der Waals surface area contributed by atoms with E-state index in [1.165, 1.54) is 18.5 Å². The summed E-state index contributed by atoms with van der Waals surface area (Å²) in [6.07, 6.45) is 2.47. The van der Waals surface area contributed by atoms with Crippen LogP contribution in [0, 0.1) is 0 Å². The van der Waals surface area contributed by atoms with Gasteiger partial charge in [0.15, 0.2) is 0 Å². The highest BCUT2D eigenvalue weighted by molar-refractivity contribution is 5.40. The maximum atomic E-state index is 5.71. The molecule has 0 bridgehead atoms. The number of hydrogen-bond donors (Lipinski definition) is 1. The molecule has 0 aliphatic carbocycles. The molecule has 1 aromatic carbocycles. The standard InChI is InChI=1S/C11H16N2/c1-13-6-5-11(13)8-9-3-2-4-10(12)7-9/h2-4,7,11H,5-6,8,12H2,1H3. The van der Waals surface area contributed by atoms with Crippen LogP contribution in [-0.4, -0.2) is 24.5 Å². The van der Waals surface area contributed by atoms with Crippen LogP contribution < -0.4 is 5.73 Å². The van der Waals surface area contributed by atoms with Gasteiger partial charge in [0, 0.05) is 11.7 Å². The number of nitrogen functional groups attached to an aromatic ring is 1. The van der Waals surface area contributed by atoms with Gasteiger partial charge in [-0.25, -0.2) is 0 Å². The topological polar surface area (TPSA) is 29.3 Å². The maximum Gasteiger partial charge on any atom is 0.0316 e. The smallest absolute Gasteiger partial charge is 0.0316 e. The fourth-order valence-corrected chi connectivity index (χ4v) is 1.82. The van der Waals surface area contributed by atoms with Gasteiger partial charge in [-0.05, 0) is 44.1 Å². The second kappa shape index (κ2) is 3.38. The summed E-state index contributed by atoms with van der Waals surface area (Å²) in [5.74, 6) is 0. The van der Waals surface area contributed by atoms with Gasteiger partial charge in [-0.15, -0.1) is 0 Å². The van der Waals surface area contributed by atoms with Gasteiger partial charge in [0.25, 0.3) is 0 Å². The average Bonchev–Trinajstić information content (AvgIpc) is 2.12. The van der Waals surface area contributed by atoms with E-state index < -0.39 is 0 Å². The Labute approximate surface area is 79.4 Å². The number of likely N-dealkylation sites (tertiary alicyclic amines) is 1. The van der Waals surface area contributed by atoms with Crippen molar-refractivity contribution in [3.05, 3.63) is 29.8 Å². The molecule has 2 nitrogen and oxygen atoms in total. The van der Waals surface area contributed by atoms with Gasteiger partial charge in [0.1, 0.15) is 0 Å². The molecule has 0 spiro atoms. The van der Waals surface area contributed by atoms with Crippen molar-refractivity contribution in [1.82, 2.24) is 4.90 Å². The van der Waals surface area contributed by atoms with Crippen molar-refractivity contribution in [3.8, 4) is 0 Å². The third kappa shape index (κ3) is 1.83. The van der Waals surface area contributed by atoms with Gasteiger partial charge in [-0.2, -0.15) is 0 Å². The summed E-state index contributed by atoms with van der Waals surface area (Å²) < 4.78 is 0. The highest BCUT2D eigenvalue weighted by Crippen LogP contribution is 2.20. The molecule has 1 aliphatic heterocycles. The molecule has 70 valence electrons. The lowest BCUT2D eigenvalue weighted by atomic mass is 9.96. The minimum Gasteiger partial charge on any atom is -0.399 e. The summed E-state index contributed by atoms with van der Waals surface area (Å²) >= 11 is 0. The number of rotatable bonds is 2. The molecule has 0 saturated carbocycles. The van der Waals surface area contributed by atoms with Crippen LogP contribution in [-0.2, 0) is 6.42 Å². The molecule has 1 aromatic rings. The Morgan fingerprint density at radius 3 is 2.92 bits per heavy atom. The highest BCUT2D eigenvalue weighted by atomic mass is 15.2. The number of likely N-dealkylation sites (N-methyl/N-ethyl adjacent to an activating group) is 1. The van der Waals surface area contributed by atoms with Gasteiger partial charge in [0.2, 0.25) is 0 Å². The van der Waals surface area contributed by atoms with Crippen molar-refractivity contribution in [2.24, 2.45) is 0 Å². The SMILES string of the molecule is CN1CCC1Cc1cccc(N)c1. The Hall–Kier alpha value is -1.02. The van der Waals surface area contributed by atoms with Crippen molar-refractivity contribution in [2.75, 3.05) is 19.3 Å². The molecule has 1 fully saturated rings. The largest absolute Gasteiger partial charge is 0.399 e. The summed E-state index contributed by atoms with van der Waals surface area (Å²) in [6, 6.07) is 8.94. The minimum atomic E-state index is 0.738. The minimum absolute atomic E-state index is 0.738. The molecule has 1 unspecified atom stereocenters. The van der Waals surface area contributed by atoms with Gasteiger partial charge in [-0.3, -0.25) is 0 Å². The summed E-state index contributed by atoms with van der Waals surface area (Å²) in [7, 11) is 2.18. The molecule has 1 heterocycles. The zero-order valence-electron chi connectivity index (χ0n) is 8.03. The number of hydrogen-bond acceptors (Lipinski definition) is 2. The molecule has 2 rings (SSSR count). The van der Waals surface area contributed by atoms with E-state index in [2.05, 4.69) is 24.1 Å². The molecule has 2 heteroatoms. The molecule has 1 aliphatic rings. The Bertz CT molecular complexity index is 296. The first-order valence-corrected chi connectivity index (χ1v) is 4.80. The van der Waals surface area contributed by atoms with Crippen LogP contribution in [0.15, 0.2) is 24.3 Å². The van der Waals surface area contributed by atoms with E-state index in [0.717, 1.165) is 18.2 Å². The van der Waals surface area contributed by atoms with E-state index in [4.69, 9.17) is 5.73 Å². The fourth-order valence-electron chi connectivity index (χ4n) is 1.82. The molecule has 1 atom stereocenters. The molecule has 0 amide bonds. The lowest BCUT2D eigenvalue weighted by molar-refractivity contribution is 0.127. The van der Waals surface area contributed by atoms with Crippen molar-refractivity contribution in [2.45, 2.75) is 18.9 Å². The summed E-state index contributed by atoms with van der Waals surface area (Å²) in [6.45, 7) is 1.24. The van der Waals surface area contributed by atoms with E-state index >= 15 is 0 Å². The zero-order chi connectivity index (χ0) is 9.26. The lowest BCUT2D eigenvalue weighted by Gasteiger charge is -2.38. The second-order valence-electron chi connectivity index (χ2n) is 3.87. The van der Waals surface area contributed by atoms with E-state index in [1.807, 2.05) is 12.1 Å². The van der Waals surface area contributed by atoms with E-state index in [1.54, 1.807) is 0 Å². The van der Waals surface area contributed by atoms with E-state index in [9.17, 15) is 0 Å². The van der Waals surface area contributed by atoms with Crippen LogP contribution in [0.3, 0.4) is 0 Å². The quantitative estimate of drug-likeness (QED) is 0.692. The first-order chi connectivity index (χ1) is 6.25. The maximum absolute atomic E-state index is 5.71. The lowest BCUT2D eigenvalue weighted by Crippen LogP contribution is -2.45. The fraction of sp³-hybridized carbons (Fsp3) is 0.455. The normalized spacial score (nSPS) is 22.7. The number of anilines is 1. The van der Waals surface area contributed by atoms with Crippen LogP contribution in [0.2, 0.25) is 0 Å². The van der Waals surface area contributed by atoms with Crippen LogP contribution in [0.4, 0.5) is 5.69 Å². The van der Waals surface area contributed by atoms with Crippen molar-refractivity contribution < 1.29 is 0 Å². The van der Waals surface area contributed by atoms with Gasteiger partial charge in [0.05, 0.1) is 0 Å². The third-order valence-electron chi connectivity index (χ3n) is 2.86. The first-order valence-electron chi connectivity index (χ1n) is 4.80. The first kappa shape index (κ1) is 8.57. The van der Waals surface area contributed by atoms with Crippen LogP contribution in [0.25, 0.3) is 0 Å². The molecular weight excluding hydrogens is 160 g/mol. The number of nitrogens with two attached hydrogens (primary N) is 1. The van der Waals surface area contributed by atoms with Crippen molar-refractivity contribution >= 4 is 5.69 Å². The van der Waals surface area contributed by atoms with E-state index in [-0.39, 0.29) is 0 Å². The molecule has 0 aromatic heterocycles. The van der Waals surface area contributed by atoms with E-state index in [0.29, 0.717) is 0 Å². The molecule has 13 heavy (non-hydrogen) atoms. The zero-order valence-corrected chi connectivity index (χ0v) is 8.03. The van der Waals surface area contributed by atoms with Crippen LogP contribution in [0.1, 0.15) is 12.0 Å². The number of benzene rings is 1. The van der Waals surface area contributed by atoms with Crippen LogP contribution >= 0.6 is 0 Å². The predicted octanol–water partition coefficient (Wildman–Crippen LogP) is 1.52. The monoisotopic (exact) mass is 176 g/mol. The van der Waals surface area contributed by atoms with Crippen LogP contribution in [0.5, 0.6) is 0 Å². The predicted molar refractivity (Wildman–Crippen MR) is 55.6 cm³/mol. The summed E-state index contributed by atoms with van der Waals surface area (Å²) in [5, 5.41) is 0. The summed E-state index contributed by atoms with van der Waals surface area (Å²) in [5.41, 5.74) is 7.95. The Morgan fingerprint density at radius 1 is 1.54 bits per heavy atom. The highest BCUT2D eigenvalue weighted by Gasteiger charge is 2.23. The second-order valence-corrected chi connectivity index (χ2v) is 3.87. The molecule has 2 N–H and O–H groups in total. The van der Waals surface area contributed by atoms with Gasteiger partial charge >= 0.3 is 0 Å². The van der Waals surface area contributed by atoms with Crippen molar-refractivity contribution in [1.29, 1.82) is 0 Å². The molecule has 0 radical (unpaired) electrons. The Balaban J connectivity index is 2.01. The third-order valence-corrected chi connectivity index (χ3v) is 2.86. The Morgan fingerprint density at radius 2 is 2.38 bits per heavy atom. The van der Waals surface area contributed by atoms with Gasteiger partial charge in [-0.1, -0.05) is 12.1 Å². The summed E-state index contributed by atoms with van der Waals surface area (Å²) in [4.78, 5) is 2.39. The van der Waals surface area contributed by atoms with Crippen molar-refractivity contribution in [3.63, 3.8) is 0 Å². The van der Waals surface area contributed by atoms with Gasteiger partial charge < -0.3 is 10.6 Å². The average molecular weight is 176 g/mol. The molecule has 1 saturated heterocycles. The Kier molecular flexibility index (Phi) is 2.23. The molecular formula is C11H16N2.